The second-order valence-electron chi connectivity index (χ2n) is 3.74. The van der Waals surface area contributed by atoms with Crippen LogP contribution in [0, 0.1) is 5.92 Å². The van der Waals surface area contributed by atoms with Crippen LogP contribution < -0.4 is 5.32 Å². The highest BCUT2D eigenvalue weighted by Gasteiger charge is 2.14. The molecule has 1 aliphatic rings. The monoisotopic (exact) mass is 169 g/mol. The van der Waals surface area contributed by atoms with Gasteiger partial charge in [0.05, 0.1) is 6.61 Å². The topological polar surface area (TPSA) is 21.3 Å². The van der Waals surface area contributed by atoms with Gasteiger partial charge in [-0.05, 0) is 18.8 Å². The molecule has 70 valence electrons. The summed E-state index contributed by atoms with van der Waals surface area (Å²) in [6, 6.07) is 0.494. The Morgan fingerprint density at radius 2 is 2.33 bits per heavy atom. The van der Waals surface area contributed by atoms with Crippen molar-refractivity contribution >= 4 is 0 Å². The molecule has 0 aromatic rings. The molecule has 2 heteroatoms. The van der Waals surface area contributed by atoms with Crippen LogP contribution in [0.1, 0.15) is 26.7 Å². The maximum atomic E-state index is 5.36. The molecule has 1 rings (SSSR count). The normalized spacial score (nSPS) is 24.1. The van der Waals surface area contributed by atoms with Crippen LogP contribution >= 0.6 is 0 Å². The first-order valence-corrected chi connectivity index (χ1v) is 4.73. The molecule has 0 bridgehead atoms. The largest absolute Gasteiger partial charge is 0.384 e. The minimum atomic E-state index is 0.494. The predicted molar refractivity (Wildman–Crippen MR) is 51.0 cm³/mol. The lowest BCUT2D eigenvalue weighted by Gasteiger charge is -2.26. The van der Waals surface area contributed by atoms with Crippen LogP contribution in [-0.4, -0.2) is 19.3 Å². The second kappa shape index (κ2) is 4.51. The van der Waals surface area contributed by atoms with E-state index in [1.165, 1.54) is 12.8 Å². The summed E-state index contributed by atoms with van der Waals surface area (Å²) in [5.74, 6) is 0.520. The van der Waals surface area contributed by atoms with Crippen molar-refractivity contribution in [3.8, 4) is 0 Å². The summed E-state index contributed by atoms with van der Waals surface area (Å²) >= 11 is 0. The number of hydrogen-bond acceptors (Lipinski definition) is 2. The van der Waals surface area contributed by atoms with Gasteiger partial charge in [-0.1, -0.05) is 20.4 Å². The van der Waals surface area contributed by atoms with Crippen molar-refractivity contribution in [3.63, 3.8) is 0 Å². The van der Waals surface area contributed by atoms with E-state index in [-0.39, 0.29) is 0 Å². The van der Waals surface area contributed by atoms with E-state index in [1.807, 2.05) is 0 Å². The van der Waals surface area contributed by atoms with Gasteiger partial charge in [0.1, 0.15) is 0 Å². The molecule has 0 saturated carbocycles. The summed E-state index contributed by atoms with van der Waals surface area (Å²) in [6.45, 7) is 10.0. The standard InChI is InChI=1S/C10H19NO/c1-8(2)9(3)11-10-5-4-6-12-7-10/h8,10-11H,3-7H2,1-2H3. The van der Waals surface area contributed by atoms with Gasteiger partial charge in [-0.15, -0.1) is 0 Å². The second-order valence-corrected chi connectivity index (χ2v) is 3.74. The highest BCUT2D eigenvalue weighted by molar-refractivity contribution is 4.97. The molecular weight excluding hydrogens is 150 g/mol. The van der Waals surface area contributed by atoms with Crippen LogP contribution in [0.3, 0.4) is 0 Å². The molecule has 1 saturated heterocycles. The number of allylic oxidation sites excluding steroid dienone is 1. The van der Waals surface area contributed by atoms with Crippen LogP contribution in [0.15, 0.2) is 12.3 Å². The van der Waals surface area contributed by atoms with Crippen molar-refractivity contribution in [2.24, 2.45) is 5.92 Å². The third-order valence-electron chi connectivity index (χ3n) is 2.25. The fourth-order valence-corrected chi connectivity index (χ4v) is 1.28. The SMILES string of the molecule is C=C(NC1CCCOC1)C(C)C. The Kier molecular flexibility index (Phi) is 3.60. The van der Waals surface area contributed by atoms with Crippen molar-refractivity contribution in [2.45, 2.75) is 32.7 Å². The molecule has 0 amide bonds. The van der Waals surface area contributed by atoms with Crippen LogP contribution in [0.2, 0.25) is 0 Å². The van der Waals surface area contributed by atoms with E-state index in [0.717, 1.165) is 18.9 Å². The van der Waals surface area contributed by atoms with Gasteiger partial charge in [-0.3, -0.25) is 0 Å². The molecule has 0 aromatic heterocycles. The molecule has 1 fully saturated rings. The summed E-state index contributed by atoms with van der Waals surface area (Å²) in [4.78, 5) is 0. The fraction of sp³-hybridized carbons (Fsp3) is 0.800. The van der Waals surface area contributed by atoms with Gasteiger partial charge in [0.25, 0.3) is 0 Å². The minimum absolute atomic E-state index is 0.494. The van der Waals surface area contributed by atoms with E-state index < -0.39 is 0 Å². The van der Waals surface area contributed by atoms with Crippen molar-refractivity contribution in [1.29, 1.82) is 0 Å². The smallest absolute Gasteiger partial charge is 0.0667 e. The molecule has 1 N–H and O–H groups in total. The molecule has 1 heterocycles. The number of ether oxygens (including phenoxy) is 1. The molecule has 0 spiro atoms. The van der Waals surface area contributed by atoms with Crippen LogP contribution in [-0.2, 0) is 4.74 Å². The fourth-order valence-electron chi connectivity index (χ4n) is 1.28. The zero-order valence-corrected chi connectivity index (χ0v) is 8.10. The van der Waals surface area contributed by atoms with E-state index in [4.69, 9.17) is 4.74 Å². The zero-order valence-electron chi connectivity index (χ0n) is 8.10. The van der Waals surface area contributed by atoms with Gasteiger partial charge in [-0.2, -0.15) is 0 Å². The first-order valence-electron chi connectivity index (χ1n) is 4.73. The summed E-state index contributed by atoms with van der Waals surface area (Å²) in [7, 11) is 0. The predicted octanol–water partition coefficient (Wildman–Crippen LogP) is 1.92. The molecular formula is C10H19NO. The summed E-state index contributed by atoms with van der Waals surface area (Å²) in [5.41, 5.74) is 1.13. The third-order valence-corrected chi connectivity index (χ3v) is 2.25. The quantitative estimate of drug-likeness (QED) is 0.697. The molecule has 12 heavy (non-hydrogen) atoms. The maximum absolute atomic E-state index is 5.36. The Hall–Kier alpha value is -0.500. The Morgan fingerprint density at radius 3 is 2.83 bits per heavy atom. The maximum Gasteiger partial charge on any atom is 0.0667 e. The molecule has 2 nitrogen and oxygen atoms in total. The number of rotatable bonds is 3. The van der Waals surface area contributed by atoms with Crippen molar-refractivity contribution in [2.75, 3.05) is 13.2 Å². The highest BCUT2D eigenvalue weighted by Crippen LogP contribution is 2.10. The molecule has 1 unspecified atom stereocenters. The van der Waals surface area contributed by atoms with E-state index in [1.54, 1.807) is 0 Å². The van der Waals surface area contributed by atoms with Gasteiger partial charge in [0, 0.05) is 18.3 Å². The Labute approximate surface area is 75.0 Å². The Bertz CT molecular complexity index is 148. The van der Waals surface area contributed by atoms with Crippen LogP contribution in [0.5, 0.6) is 0 Å². The van der Waals surface area contributed by atoms with Gasteiger partial charge in [-0.25, -0.2) is 0 Å². The van der Waals surface area contributed by atoms with Gasteiger partial charge >= 0.3 is 0 Å². The lowest BCUT2D eigenvalue weighted by Crippen LogP contribution is -2.37. The molecule has 0 aliphatic carbocycles. The lowest BCUT2D eigenvalue weighted by molar-refractivity contribution is 0.0729. The molecule has 1 aliphatic heterocycles. The molecule has 0 aromatic carbocycles. The Morgan fingerprint density at radius 1 is 1.58 bits per heavy atom. The molecule has 0 radical (unpaired) electrons. The van der Waals surface area contributed by atoms with Crippen molar-refractivity contribution in [3.05, 3.63) is 12.3 Å². The van der Waals surface area contributed by atoms with E-state index in [2.05, 4.69) is 25.7 Å². The highest BCUT2D eigenvalue weighted by atomic mass is 16.5. The molecule has 1 atom stereocenters. The van der Waals surface area contributed by atoms with Crippen LogP contribution in [0.25, 0.3) is 0 Å². The van der Waals surface area contributed by atoms with Gasteiger partial charge in [0.2, 0.25) is 0 Å². The van der Waals surface area contributed by atoms with Gasteiger partial charge < -0.3 is 10.1 Å². The lowest BCUT2D eigenvalue weighted by atomic mass is 10.1. The number of hydrogen-bond donors (Lipinski definition) is 1. The first kappa shape index (κ1) is 9.59. The average molecular weight is 169 g/mol. The zero-order chi connectivity index (χ0) is 8.97. The Balaban J connectivity index is 2.24. The first-order chi connectivity index (χ1) is 5.70. The number of nitrogens with one attached hydrogen (secondary N) is 1. The van der Waals surface area contributed by atoms with E-state index >= 15 is 0 Å². The summed E-state index contributed by atoms with van der Waals surface area (Å²) in [5, 5.41) is 3.40. The third kappa shape index (κ3) is 2.86. The van der Waals surface area contributed by atoms with Crippen LogP contribution in [0.4, 0.5) is 0 Å². The summed E-state index contributed by atoms with van der Waals surface area (Å²) in [6.07, 6.45) is 2.38. The van der Waals surface area contributed by atoms with Gasteiger partial charge in [0.15, 0.2) is 0 Å². The van der Waals surface area contributed by atoms with Crippen molar-refractivity contribution in [1.82, 2.24) is 5.32 Å². The van der Waals surface area contributed by atoms with Crippen molar-refractivity contribution < 1.29 is 4.74 Å². The van der Waals surface area contributed by atoms with E-state index in [9.17, 15) is 0 Å². The minimum Gasteiger partial charge on any atom is -0.384 e. The summed E-state index contributed by atoms with van der Waals surface area (Å²) < 4.78 is 5.36. The van der Waals surface area contributed by atoms with E-state index in [0.29, 0.717) is 12.0 Å². The average Bonchev–Trinajstić information content (AvgIpc) is 2.06.